The highest BCUT2D eigenvalue weighted by Gasteiger charge is 2.18. The second kappa shape index (κ2) is 3.78. The summed E-state index contributed by atoms with van der Waals surface area (Å²) in [5.74, 6) is 0. The van der Waals surface area contributed by atoms with Crippen molar-refractivity contribution in [1.82, 2.24) is 4.90 Å². The Labute approximate surface area is 78.1 Å². The van der Waals surface area contributed by atoms with E-state index >= 15 is 0 Å². The summed E-state index contributed by atoms with van der Waals surface area (Å²) < 4.78 is 0. The topological polar surface area (TPSA) is 3.24 Å². The molecule has 1 heteroatoms. The first-order valence-corrected chi connectivity index (χ1v) is 4.66. The van der Waals surface area contributed by atoms with Crippen LogP contribution < -0.4 is 0 Å². The summed E-state index contributed by atoms with van der Waals surface area (Å²) in [7, 11) is 4.04. The van der Waals surface area contributed by atoms with E-state index in [1.165, 1.54) is 0 Å². The van der Waals surface area contributed by atoms with Gasteiger partial charge in [-0.2, -0.15) is 0 Å². The minimum absolute atomic E-state index is 0.354. The van der Waals surface area contributed by atoms with Gasteiger partial charge in [0.15, 0.2) is 0 Å². The number of rotatable bonds is 2. The molecule has 0 heterocycles. The van der Waals surface area contributed by atoms with E-state index in [-0.39, 0.29) is 0 Å². The molecule has 0 aliphatic heterocycles. The van der Waals surface area contributed by atoms with Gasteiger partial charge in [0.2, 0.25) is 0 Å². The van der Waals surface area contributed by atoms with E-state index in [9.17, 15) is 0 Å². The Morgan fingerprint density at radius 1 is 0.833 bits per heavy atom. The predicted molar refractivity (Wildman–Crippen MR) is 55.8 cm³/mol. The van der Waals surface area contributed by atoms with Gasteiger partial charge in [0.05, 0.1) is 0 Å². The molecule has 0 N–H and O–H groups in total. The molecule has 73 valence electrons. The summed E-state index contributed by atoms with van der Waals surface area (Å²) in [4.78, 5) is 2.17. The van der Waals surface area contributed by atoms with Crippen LogP contribution in [0.2, 0.25) is 0 Å². The monoisotopic (exact) mass is 170 g/mol. The Bertz CT molecular complexity index is 109. The molecule has 0 amide bonds. The van der Waals surface area contributed by atoms with Crippen LogP contribution in [0.3, 0.4) is 0 Å². The van der Waals surface area contributed by atoms with Crippen molar-refractivity contribution in [2.75, 3.05) is 13.1 Å². The normalized spacial score (nSPS) is 14.0. The summed E-state index contributed by atoms with van der Waals surface area (Å²) in [5.41, 5.74) is 0.708. The zero-order valence-corrected chi connectivity index (χ0v) is 9.57. The predicted octanol–water partition coefficient (Wildman–Crippen LogP) is 3.17. The molecule has 0 spiro atoms. The zero-order valence-electron chi connectivity index (χ0n) is 9.57. The van der Waals surface area contributed by atoms with Gasteiger partial charge in [0, 0.05) is 20.1 Å². The molecule has 0 saturated heterocycles. The van der Waals surface area contributed by atoms with E-state index < -0.39 is 0 Å². The van der Waals surface area contributed by atoms with E-state index in [4.69, 9.17) is 0 Å². The van der Waals surface area contributed by atoms with Gasteiger partial charge >= 0.3 is 0 Å². The molecule has 0 unspecified atom stereocenters. The van der Waals surface area contributed by atoms with Crippen molar-refractivity contribution in [2.24, 2.45) is 10.8 Å². The second-order valence-corrected chi connectivity index (χ2v) is 6.11. The van der Waals surface area contributed by atoms with Gasteiger partial charge in [-0.05, 0) is 10.8 Å². The summed E-state index contributed by atoms with van der Waals surface area (Å²) in [5, 5.41) is 0. The first kappa shape index (κ1) is 12.0. The molecule has 0 bridgehead atoms. The lowest BCUT2D eigenvalue weighted by Gasteiger charge is -2.31. The molecule has 12 heavy (non-hydrogen) atoms. The molecule has 0 aromatic rings. The van der Waals surface area contributed by atoms with Crippen LogP contribution in [0.4, 0.5) is 0 Å². The van der Waals surface area contributed by atoms with Gasteiger partial charge in [-0.3, -0.25) is 0 Å². The van der Waals surface area contributed by atoms with Crippen LogP contribution in [0.25, 0.3) is 0 Å². The molecule has 0 aromatic heterocycles. The van der Waals surface area contributed by atoms with E-state index in [1.54, 1.807) is 0 Å². The smallest absolute Gasteiger partial charge is 0.0110 e. The Morgan fingerprint density at radius 3 is 1.25 bits per heavy atom. The van der Waals surface area contributed by atoms with Crippen LogP contribution in [-0.4, -0.2) is 18.0 Å². The molecule has 1 nitrogen and oxygen atoms in total. The molecule has 0 aliphatic rings. The van der Waals surface area contributed by atoms with Crippen molar-refractivity contribution in [3.8, 4) is 0 Å². The van der Waals surface area contributed by atoms with Crippen molar-refractivity contribution in [1.29, 1.82) is 0 Å². The Morgan fingerprint density at radius 2 is 1.08 bits per heavy atom. The first-order valence-electron chi connectivity index (χ1n) is 4.66. The molecule has 0 fully saturated rings. The van der Waals surface area contributed by atoms with Crippen LogP contribution in [0.15, 0.2) is 0 Å². The largest absolute Gasteiger partial charge is 0.301 e. The van der Waals surface area contributed by atoms with Crippen LogP contribution in [0, 0.1) is 17.9 Å². The lowest BCUT2D eigenvalue weighted by molar-refractivity contribution is 0.190. The Balaban J connectivity index is 3.83. The third kappa shape index (κ3) is 8.06. The van der Waals surface area contributed by atoms with Crippen molar-refractivity contribution in [3.63, 3.8) is 0 Å². The standard InChI is InChI=1S/C11H24N/c1-10(2,3)8-12(7)9-11(4,5)6/h7-9H2,1-6H3. The second-order valence-electron chi connectivity index (χ2n) is 6.11. The summed E-state index contributed by atoms with van der Waals surface area (Å²) in [6.45, 7) is 15.6. The van der Waals surface area contributed by atoms with Crippen LogP contribution >= 0.6 is 0 Å². The average molecular weight is 170 g/mol. The maximum absolute atomic E-state index is 4.04. The first-order chi connectivity index (χ1) is 5.10. The fraction of sp³-hybridized carbons (Fsp3) is 0.909. The Kier molecular flexibility index (Phi) is 3.77. The maximum Gasteiger partial charge on any atom is 0.0110 e. The van der Waals surface area contributed by atoms with Crippen molar-refractivity contribution < 1.29 is 0 Å². The Hall–Kier alpha value is -0.0400. The number of hydrogen-bond acceptors (Lipinski definition) is 1. The molecule has 0 rings (SSSR count). The maximum atomic E-state index is 4.04. The van der Waals surface area contributed by atoms with Gasteiger partial charge in [0.25, 0.3) is 0 Å². The van der Waals surface area contributed by atoms with Crippen LogP contribution in [0.1, 0.15) is 41.5 Å². The third-order valence-corrected chi connectivity index (χ3v) is 1.40. The molecule has 0 atom stereocenters. The zero-order chi connectivity index (χ0) is 9.99. The van der Waals surface area contributed by atoms with Crippen LogP contribution in [-0.2, 0) is 0 Å². The summed E-state index contributed by atoms with van der Waals surface area (Å²) >= 11 is 0. The van der Waals surface area contributed by atoms with E-state index in [0.29, 0.717) is 10.8 Å². The summed E-state index contributed by atoms with van der Waals surface area (Å²) in [6.07, 6.45) is 0. The summed E-state index contributed by atoms with van der Waals surface area (Å²) in [6, 6.07) is 0. The highest BCUT2D eigenvalue weighted by atomic mass is 15.1. The van der Waals surface area contributed by atoms with E-state index in [2.05, 4.69) is 53.5 Å². The minimum atomic E-state index is 0.354. The van der Waals surface area contributed by atoms with E-state index in [1.807, 2.05) is 0 Å². The van der Waals surface area contributed by atoms with Crippen molar-refractivity contribution >= 4 is 0 Å². The van der Waals surface area contributed by atoms with Gasteiger partial charge in [-0.1, -0.05) is 41.5 Å². The third-order valence-electron chi connectivity index (χ3n) is 1.40. The molecule has 0 aromatic carbocycles. The quantitative estimate of drug-likeness (QED) is 0.615. The van der Waals surface area contributed by atoms with Crippen molar-refractivity contribution in [3.05, 3.63) is 7.05 Å². The molecule has 1 radical (unpaired) electrons. The van der Waals surface area contributed by atoms with Gasteiger partial charge in [-0.15, -0.1) is 0 Å². The average Bonchev–Trinajstić information content (AvgIpc) is 1.49. The van der Waals surface area contributed by atoms with E-state index in [0.717, 1.165) is 13.1 Å². The number of hydrogen-bond donors (Lipinski definition) is 0. The van der Waals surface area contributed by atoms with Crippen molar-refractivity contribution in [2.45, 2.75) is 41.5 Å². The minimum Gasteiger partial charge on any atom is -0.301 e. The highest BCUT2D eigenvalue weighted by molar-refractivity contribution is 4.73. The fourth-order valence-electron chi connectivity index (χ4n) is 1.40. The highest BCUT2D eigenvalue weighted by Crippen LogP contribution is 2.19. The number of nitrogens with zero attached hydrogens (tertiary/aromatic N) is 1. The van der Waals surface area contributed by atoms with Crippen LogP contribution in [0.5, 0.6) is 0 Å². The van der Waals surface area contributed by atoms with Gasteiger partial charge in [-0.25, -0.2) is 0 Å². The SMILES string of the molecule is [CH2]N(CC(C)(C)C)CC(C)(C)C. The van der Waals surface area contributed by atoms with Gasteiger partial charge in [0.1, 0.15) is 0 Å². The van der Waals surface area contributed by atoms with Gasteiger partial charge < -0.3 is 4.90 Å². The fourth-order valence-corrected chi connectivity index (χ4v) is 1.40. The lowest BCUT2D eigenvalue weighted by Crippen LogP contribution is -2.34. The molecular weight excluding hydrogens is 146 g/mol. The lowest BCUT2D eigenvalue weighted by atomic mass is 9.92. The molecule has 0 saturated carbocycles. The molecular formula is C11H24N. The molecule has 0 aliphatic carbocycles.